The molecule has 0 radical (unpaired) electrons. The van der Waals surface area contributed by atoms with Crippen molar-refractivity contribution in [3.8, 4) is 0 Å². The van der Waals surface area contributed by atoms with E-state index >= 15 is 0 Å². The van der Waals surface area contributed by atoms with Gasteiger partial charge in [0.2, 0.25) is 10.0 Å². The molecule has 1 aromatic heterocycles. The fraction of sp³-hybridized carbons (Fsp3) is 0.786. The standard InChI is InChI=1S/C14H26N4O3S/c1-14(2,3)13-12(11-16(4)15-13)22(20,21)18-7-5-17(6-8-18)9-10-19/h11,19H,5-10H2,1-4H3. The van der Waals surface area contributed by atoms with Gasteiger partial charge >= 0.3 is 0 Å². The van der Waals surface area contributed by atoms with Crippen LogP contribution in [0.2, 0.25) is 0 Å². The lowest BCUT2D eigenvalue weighted by Gasteiger charge is -2.33. The van der Waals surface area contributed by atoms with Crippen molar-refractivity contribution in [3.05, 3.63) is 11.9 Å². The Hall–Kier alpha value is -0.960. The summed E-state index contributed by atoms with van der Waals surface area (Å²) in [5, 5.41) is 13.3. The number of piperazine rings is 1. The molecule has 0 unspecified atom stereocenters. The van der Waals surface area contributed by atoms with Gasteiger partial charge in [-0.05, 0) is 0 Å². The number of hydrogen-bond acceptors (Lipinski definition) is 5. The molecule has 1 aliphatic heterocycles. The highest BCUT2D eigenvalue weighted by Crippen LogP contribution is 2.29. The minimum absolute atomic E-state index is 0.101. The molecule has 0 spiro atoms. The second-order valence-corrected chi connectivity index (χ2v) is 8.64. The van der Waals surface area contributed by atoms with Crippen LogP contribution >= 0.6 is 0 Å². The molecule has 1 N–H and O–H groups in total. The molecule has 2 rings (SSSR count). The zero-order valence-electron chi connectivity index (χ0n) is 13.8. The maximum absolute atomic E-state index is 12.9. The van der Waals surface area contributed by atoms with Crippen LogP contribution in [-0.4, -0.2) is 71.8 Å². The van der Waals surface area contributed by atoms with Gasteiger partial charge in [0.05, 0.1) is 12.3 Å². The molecule has 1 aromatic rings. The van der Waals surface area contributed by atoms with Crippen LogP contribution in [0.15, 0.2) is 11.1 Å². The van der Waals surface area contributed by atoms with E-state index in [-0.39, 0.29) is 12.0 Å². The highest BCUT2D eigenvalue weighted by atomic mass is 32.2. The summed E-state index contributed by atoms with van der Waals surface area (Å²) < 4.78 is 29.0. The van der Waals surface area contributed by atoms with E-state index in [1.54, 1.807) is 17.9 Å². The van der Waals surface area contributed by atoms with Gasteiger partial charge in [0.25, 0.3) is 0 Å². The van der Waals surface area contributed by atoms with Crippen LogP contribution < -0.4 is 0 Å². The molecule has 7 nitrogen and oxygen atoms in total. The normalized spacial score (nSPS) is 18.8. The lowest BCUT2D eigenvalue weighted by Crippen LogP contribution is -2.49. The first-order valence-electron chi connectivity index (χ1n) is 7.54. The Morgan fingerprint density at radius 1 is 1.23 bits per heavy atom. The molecule has 1 aliphatic rings. The van der Waals surface area contributed by atoms with Crippen molar-refractivity contribution in [2.75, 3.05) is 39.3 Å². The lowest BCUT2D eigenvalue weighted by atomic mass is 9.92. The highest BCUT2D eigenvalue weighted by Gasteiger charge is 2.35. The number of aryl methyl sites for hydroxylation is 1. The zero-order valence-corrected chi connectivity index (χ0v) is 14.6. The summed E-state index contributed by atoms with van der Waals surface area (Å²) in [6, 6.07) is 0. The summed E-state index contributed by atoms with van der Waals surface area (Å²) in [4.78, 5) is 2.37. The fourth-order valence-corrected chi connectivity index (χ4v) is 4.45. The predicted molar refractivity (Wildman–Crippen MR) is 84.2 cm³/mol. The van der Waals surface area contributed by atoms with Gasteiger partial charge in [-0.25, -0.2) is 8.42 Å². The van der Waals surface area contributed by atoms with E-state index in [1.165, 1.54) is 4.31 Å². The summed E-state index contributed by atoms with van der Waals surface area (Å²) in [6.07, 6.45) is 1.59. The van der Waals surface area contributed by atoms with Gasteiger partial charge in [0, 0.05) is 51.4 Å². The SMILES string of the molecule is Cn1cc(S(=O)(=O)N2CCN(CCO)CC2)c(C(C)(C)C)n1. The van der Waals surface area contributed by atoms with Crippen molar-refractivity contribution < 1.29 is 13.5 Å². The maximum Gasteiger partial charge on any atom is 0.246 e. The first kappa shape index (κ1) is 17.4. The average Bonchev–Trinajstić information content (AvgIpc) is 2.83. The summed E-state index contributed by atoms with van der Waals surface area (Å²) in [7, 11) is -1.79. The molecule has 126 valence electrons. The quantitative estimate of drug-likeness (QED) is 0.842. The number of hydrogen-bond donors (Lipinski definition) is 1. The molecular formula is C14H26N4O3S. The van der Waals surface area contributed by atoms with Crippen molar-refractivity contribution >= 4 is 10.0 Å². The smallest absolute Gasteiger partial charge is 0.246 e. The minimum Gasteiger partial charge on any atom is -0.395 e. The monoisotopic (exact) mass is 330 g/mol. The molecule has 0 aliphatic carbocycles. The third-order valence-electron chi connectivity index (χ3n) is 3.87. The Morgan fingerprint density at radius 2 is 1.82 bits per heavy atom. The molecule has 0 amide bonds. The lowest BCUT2D eigenvalue weighted by molar-refractivity contribution is 0.151. The van der Waals surface area contributed by atoms with E-state index in [9.17, 15) is 8.42 Å². The van der Waals surface area contributed by atoms with Crippen LogP contribution in [0.25, 0.3) is 0 Å². The number of aliphatic hydroxyl groups is 1. The van der Waals surface area contributed by atoms with Crippen molar-refractivity contribution in [3.63, 3.8) is 0 Å². The van der Waals surface area contributed by atoms with Crippen molar-refractivity contribution in [1.29, 1.82) is 0 Å². The van der Waals surface area contributed by atoms with Gasteiger partial charge in [0.15, 0.2) is 0 Å². The number of β-amino-alcohol motifs (C(OH)–C–C–N with tert-alkyl or cyclic N) is 1. The van der Waals surface area contributed by atoms with E-state index in [4.69, 9.17) is 5.11 Å². The Kier molecular flexibility index (Phi) is 4.96. The van der Waals surface area contributed by atoms with Gasteiger partial charge in [-0.15, -0.1) is 0 Å². The van der Waals surface area contributed by atoms with Crippen LogP contribution in [0, 0.1) is 0 Å². The number of nitrogens with zero attached hydrogens (tertiary/aromatic N) is 4. The van der Waals surface area contributed by atoms with E-state index in [0.29, 0.717) is 43.3 Å². The van der Waals surface area contributed by atoms with Crippen LogP contribution in [0.3, 0.4) is 0 Å². The summed E-state index contributed by atoms with van der Waals surface area (Å²) in [5.41, 5.74) is 0.273. The Bertz CT molecular complexity index is 611. The molecule has 1 fully saturated rings. The Balaban J connectivity index is 2.25. The van der Waals surface area contributed by atoms with Crippen molar-refractivity contribution in [2.24, 2.45) is 7.05 Å². The molecule has 0 aromatic carbocycles. The van der Waals surface area contributed by atoms with Crippen LogP contribution in [0.4, 0.5) is 0 Å². The summed E-state index contributed by atoms with van der Waals surface area (Å²) in [5.74, 6) is 0. The molecule has 2 heterocycles. The van der Waals surface area contributed by atoms with Crippen LogP contribution in [-0.2, 0) is 22.5 Å². The molecule has 0 saturated carbocycles. The number of aromatic nitrogens is 2. The van der Waals surface area contributed by atoms with E-state index < -0.39 is 10.0 Å². The Morgan fingerprint density at radius 3 is 2.32 bits per heavy atom. The van der Waals surface area contributed by atoms with Crippen molar-refractivity contribution in [1.82, 2.24) is 19.0 Å². The molecule has 0 bridgehead atoms. The molecule has 1 saturated heterocycles. The van der Waals surface area contributed by atoms with Gasteiger partial charge in [-0.3, -0.25) is 9.58 Å². The summed E-state index contributed by atoms with van der Waals surface area (Å²) >= 11 is 0. The number of sulfonamides is 1. The van der Waals surface area contributed by atoms with Gasteiger partial charge in [-0.1, -0.05) is 20.8 Å². The van der Waals surface area contributed by atoms with Crippen LogP contribution in [0.5, 0.6) is 0 Å². The Labute approximate surface area is 132 Å². The molecule has 22 heavy (non-hydrogen) atoms. The highest BCUT2D eigenvalue weighted by molar-refractivity contribution is 7.89. The third-order valence-corrected chi connectivity index (χ3v) is 5.77. The zero-order chi connectivity index (χ0) is 16.5. The largest absolute Gasteiger partial charge is 0.395 e. The molecule has 0 atom stereocenters. The van der Waals surface area contributed by atoms with Gasteiger partial charge in [0.1, 0.15) is 4.90 Å². The van der Waals surface area contributed by atoms with Crippen molar-refractivity contribution in [2.45, 2.75) is 31.1 Å². The fourth-order valence-electron chi connectivity index (χ4n) is 2.65. The van der Waals surface area contributed by atoms with E-state index in [2.05, 4.69) is 10.00 Å². The molecule has 8 heteroatoms. The molecular weight excluding hydrogens is 304 g/mol. The summed E-state index contributed by atoms with van der Waals surface area (Å²) in [6.45, 7) is 8.77. The minimum atomic E-state index is -3.53. The predicted octanol–water partition coefficient (Wildman–Crippen LogP) is 0.0162. The second kappa shape index (κ2) is 6.27. The van der Waals surface area contributed by atoms with Gasteiger partial charge in [-0.2, -0.15) is 9.40 Å². The third kappa shape index (κ3) is 3.51. The number of rotatable bonds is 4. The second-order valence-electron chi connectivity index (χ2n) is 6.73. The topological polar surface area (TPSA) is 78.7 Å². The average molecular weight is 330 g/mol. The first-order chi connectivity index (χ1) is 10.2. The van der Waals surface area contributed by atoms with Gasteiger partial charge < -0.3 is 5.11 Å². The van der Waals surface area contributed by atoms with E-state index in [0.717, 1.165) is 0 Å². The van der Waals surface area contributed by atoms with Crippen LogP contribution in [0.1, 0.15) is 26.5 Å². The number of aliphatic hydroxyl groups excluding tert-OH is 1. The maximum atomic E-state index is 12.9. The van der Waals surface area contributed by atoms with E-state index in [1.807, 2.05) is 20.8 Å². The first-order valence-corrected chi connectivity index (χ1v) is 8.98.